The van der Waals surface area contributed by atoms with Gasteiger partial charge in [0.05, 0.1) is 0 Å². The van der Waals surface area contributed by atoms with Gasteiger partial charge in [-0.25, -0.2) is 8.78 Å². The van der Waals surface area contributed by atoms with E-state index in [4.69, 9.17) is 0 Å². The molecule has 120 valence electrons. The van der Waals surface area contributed by atoms with Crippen molar-refractivity contribution in [3.8, 4) is 0 Å². The number of allylic oxidation sites excluding steroid dienone is 2. The topological polar surface area (TPSA) is 30.7 Å². The van der Waals surface area contributed by atoms with Crippen LogP contribution < -0.4 is 0 Å². The van der Waals surface area contributed by atoms with Gasteiger partial charge in [0.2, 0.25) is 0 Å². The molecular formula is C16H21F2N3S. The first-order chi connectivity index (χ1) is 10.5. The van der Waals surface area contributed by atoms with E-state index in [2.05, 4.69) is 28.6 Å². The highest BCUT2D eigenvalue weighted by atomic mass is 32.2. The van der Waals surface area contributed by atoms with Crippen LogP contribution in [0.3, 0.4) is 0 Å². The van der Waals surface area contributed by atoms with E-state index in [0.29, 0.717) is 17.7 Å². The molecule has 1 atom stereocenters. The number of nitrogens with zero attached hydrogens (tertiary/aromatic N) is 3. The molecular weight excluding hydrogens is 304 g/mol. The number of aromatic nitrogens is 3. The molecule has 2 saturated carbocycles. The molecule has 0 amide bonds. The lowest BCUT2D eigenvalue weighted by Gasteiger charge is -2.30. The minimum absolute atomic E-state index is 0.0928. The van der Waals surface area contributed by atoms with Gasteiger partial charge in [-0.05, 0) is 31.6 Å². The van der Waals surface area contributed by atoms with Crippen molar-refractivity contribution in [3.05, 3.63) is 22.6 Å². The molecule has 0 aromatic carbocycles. The summed E-state index contributed by atoms with van der Waals surface area (Å²) in [6, 6.07) is 0.535. The molecule has 0 radical (unpaired) electrons. The lowest BCUT2D eigenvalue weighted by molar-refractivity contribution is 0.199. The Morgan fingerprint density at radius 2 is 1.95 bits per heavy atom. The second-order valence-electron chi connectivity index (χ2n) is 7.27. The third-order valence-corrected chi connectivity index (χ3v) is 6.26. The fourth-order valence-electron chi connectivity index (χ4n) is 3.25. The normalized spacial score (nSPS) is 25.9. The van der Waals surface area contributed by atoms with Gasteiger partial charge in [-0.15, -0.1) is 22.0 Å². The Balaban J connectivity index is 1.68. The Kier molecular flexibility index (Phi) is 3.36. The lowest BCUT2D eigenvalue weighted by atomic mass is 9.78. The second kappa shape index (κ2) is 5.05. The zero-order chi connectivity index (χ0) is 15.5. The highest BCUT2D eigenvalue weighted by molar-refractivity contribution is 8.03. The molecule has 1 aliphatic heterocycles. The van der Waals surface area contributed by atoms with Crippen LogP contribution in [0.15, 0.2) is 11.0 Å². The fraction of sp³-hybridized carbons (Fsp3) is 0.750. The summed E-state index contributed by atoms with van der Waals surface area (Å²) in [6.45, 7) is 4.26. The highest BCUT2D eigenvalue weighted by Gasteiger charge is 2.43. The number of hydrogen-bond donors (Lipinski definition) is 0. The maximum absolute atomic E-state index is 12.9. The van der Waals surface area contributed by atoms with Gasteiger partial charge in [0.25, 0.3) is 6.43 Å². The first-order valence-electron chi connectivity index (χ1n) is 8.06. The molecule has 2 fully saturated rings. The zero-order valence-electron chi connectivity index (χ0n) is 12.9. The number of alkyl halides is 2. The SMILES string of the molecule is CC(C)(c1nnc(C2CC2)n1C1CC1)C1C=C(C(F)F)SC1. The molecule has 0 saturated heterocycles. The summed E-state index contributed by atoms with van der Waals surface area (Å²) in [5.41, 5.74) is -0.258. The third kappa shape index (κ3) is 2.39. The average Bonchev–Trinajstić information content (AvgIpc) is 3.40. The van der Waals surface area contributed by atoms with Crippen LogP contribution in [0, 0.1) is 5.92 Å². The van der Waals surface area contributed by atoms with Crippen molar-refractivity contribution in [1.29, 1.82) is 0 Å². The Hall–Kier alpha value is -0.910. The molecule has 0 N–H and O–H groups in total. The summed E-state index contributed by atoms with van der Waals surface area (Å²) in [6.07, 6.45) is 4.21. The van der Waals surface area contributed by atoms with E-state index >= 15 is 0 Å². The molecule has 0 bridgehead atoms. The Bertz CT molecular complexity index is 615. The maximum atomic E-state index is 12.9. The molecule has 0 spiro atoms. The van der Waals surface area contributed by atoms with Crippen molar-refractivity contribution in [2.24, 2.45) is 5.92 Å². The molecule has 4 rings (SSSR count). The van der Waals surface area contributed by atoms with Gasteiger partial charge >= 0.3 is 0 Å². The van der Waals surface area contributed by atoms with Gasteiger partial charge in [-0.1, -0.05) is 19.9 Å². The van der Waals surface area contributed by atoms with Crippen LogP contribution in [0.5, 0.6) is 0 Å². The molecule has 22 heavy (non-hydrogen) atoms. The molecule has 6 heteroatoms. The molecule has 1 aromatic rings. The van der Waals surface area contributed by atoms with Crippen molar-refractivity contribution in [3.63, 3.8) is 0 Å². The predicted molar refractivity (Wildman–Crippen MR) is 83.3 cm³/mol. The van der Waals surface area contributed by atoms with E-state index in [9.17, 15) is 8.78 Å². The van der Waals surface area contributed by atoms with E-state index in [1.165, 1.54) is 37.4 Å². The smallest absolute Gasteiger partial charge is 0.269 e. The summed E-state index contributed by atoms with van der Waals surface area (Å²) >= 11 is 1.29. The summed E-state index contributed by atoms with van der Waals surface area (Å²) in [7, 11) is 0. The van der Waals surface area contributed by atoms with E-state index in [0.717, 1.165) is 11.6 Å². The Morgan fingerprint density at radius 1 is 1.23 bits per heavy atom. The standard InChI is InChI=1S/C16H21F2N3S/c1-16(2,10-7-12(13(17)18)22-8-10)15-20-19-14(9-3-4-9)21(15)11-5-6-11/h7,9-11,13H,3-6,8H2,1-2H3. The molecule has 3 nitrogen and oxygen atoms in total. The summed E-state index contributed by atoms with van der Waals surface area (Å²) in [5, 5.41) is 8.98. The molecule has 1 aromatic heterocycles. The van der Waals surface area contributed by atoms with Crippen LogP contribution in [0.2, 0.25) is 0 Å². The number of rotatable bonds is 5. The number of halogens is 2. The molecule has 3 aliphatic rings. The first kappa shape index (κ1) is 14.7. The lowest BCUT2D eigenvalue weighted by Crippen LogP contribution is -2.32. The Labute approximate surface area is 133 Å². The van der Waals surface area contributed by atoms with Gasteiger partial charge in [0.1, 0.15) is 11.6 Å². The minimum Gasteiger partial charge on any atom is -0.311 e. The number of hydrogen-bond acceptors (Lipinski definition) is 3. The van der Waals surface area contributed by atoms with Crippen LogP contribution in [0.4, 0.5) is 8.78 Å². The van der Waals surface area contributed by atoms with Crippen LogP contribution in [-0.4, -0.2) is 26.9 Å². The van der Waals surface area contributed by atoms with Crippen molar-refractivity contribution < 1.29 is 8.78 Å². The van der Waals surface area contributed by atoms with E-state index in [-0.39, 0.29) is 16.2 Å². The maximum Gasteiger partial charge on any atom is 0.269 e. The zero-order valence-corrected chi connectivity index (χ0v) is 13.7. The monoisotopic (exact) mass is 325 g/mol. The quantitative estimate of drug-likeness (QED) is 0.809. The van der Waals surface area contributed by atoms with Crippen molar-refractivity contribution in [2.45, 2.75) is 63.3 Å². The highest BCUT2D eigenvalue weighted by Crippen LogP contribution is 2.49. The van der Waals surface area contributed by atoms with Gasteiger partial charge in [0, 0.05) is 28.0 Å². The van der Waals surface area contributed by atoms with Gasteiger partial charge in [-0.3, -0.25) is 0 Å². The fourth-order valence-corrected chi connectivity index (χ4v) is 4.53. The van der Waals surface area contributed by atoms with Crippen LogP contribution >= 0.6 is 11.8 Å². The second-order valence-corrected chi connectivity index (χ2v) is 8.36. The van der Waals surface area contributed by atoms with Crippen LogP contribution in [0.25, 0.3) is 0 Å². The van der Waals surface area contributed by atoms with Gasteiger partial charge in [0.15, 0.2) is 0 Å². The van der Waals surface area contributed by atoms with Crippen molar-refractivity contribution in [2.75, 3.05) is 5.75 Å². The molecule has 1 unspecified atom stereocenters. The predicted octanol–water partition coefficient (Wildman–Crippen LogP) is 4.28. The largest absolute Gasteiger partial charge is 0.311 e. The number of thioether (sulfide) groups is 1. The summed E-state index contributed by atoms with van der Waals surface area (Å²) in [4.78, 5) is 0.220. The molecule has 2 heterocycles. The van der Waals surface area contributed by atoms with Crippen molar-refractivity contribution >= 4 is 11.8 Å². The Morgan fingerprint density at radius 3 is 2.50 bits per heavy atom. The third-order valence-electron chi connectivity index (χ3n) is 5.09. The van der Waals surface area contributed by atoms with E-state index in [1.54, 1.807) is 6.08 Å². The summed E-state index contributed by atoms with van der Waals surface area (Å²) < 4.78 is 28.2. The average molecular weight is 325 g/mol. The van der Waals surface area contributed by atoms with Crippen LogP contribution in [-0.2, 0) is 5.41 Å². The summed E-state index contributed by atoms with van der Waals surface area (Å²) in [5.74, 6) is 3.50. The van der Waals surface area contributed by atoms with Crippen LogP contribution in [0.1, 0.15) is 63.1 Å². The minimum atomic E-state index is -2.35. The van der Waals surface area contributed by atoms with Crippen molar-refractivity contribution in [1.82, 2.24) is 14.8 Å². The first-order valence-corrected chi connectivity index (χ1v) is 9.05. The molecule has 2 aliphatic carbocycles. The van der Waals surface area contributed by atoms with Gasteiger partial charge in [-0.2, -0.15) is 0 Å². The van der Waals surface area contributed by atoms with E-state index in [1.807, 2.05) is 0 Å². The van der Waals surface area contributed by atoms with E-state index < -0.39 is 6.43 Å². The van der Waals surface area contributed by atoms with Gasteiger partial charge < -0.3 is 4.57 Å².